The number of benzene rings is 4. The van der Waals surface area contributed by atoms with E-state index in [-0.39, 0.29) is 59.5 Å². The van der Waals surface area contributed by atoms with Crippen molar-refractivity contribution in [2.45, 2.75) is 40.6 Å². The molecule has 0 saturated heterocycles. The Labute approximate surface area is 349 Å². The van der Waals surface area contributed by atoms with E-state index in [1.54, 1.807) is 42.5 Å². The molecule has 0 radical (unpaired) electrons. The van der Waals surface area contributed by atoms with Crippen LogP contribution in [0.25, 0.3) is 0 Å². The lowest BCUT2D eigenvalue weighted by Gasteiger charge is -2.12. The quantitative estimate of drug-likeness (QED) is 0.0342. The Kier molecular flexibility index (Phi) is 20.4. The molecule has 0 aromatic heterocycles. The Morgan fingerprint density at radius 1 is 0.532 bits per heavy atom. The molecule has 24 heteroatoms. The van der Waals surface area contributed by atoms with Gasteiger partial charge in [0.2, 0.25) is 6.29 Å². The fourth-order valence-corrected chi connectivity index (χ4v) is 4.31. The van der Waals surface area contributed by atoms with E-state index in [1.807, 2.05) is 0 Å². The molecule has 0 spiro atoms. The maximum atomic E-state index is 12.2. The maximum absolute atomic E-state index is 12.2. The molecule has 24 nitrogen and oxygen atoms in total. The molecule has 1 atom stereocenters. The number of carbonyl (C=O) groups excluding carboxylic acids is 6. The molecule has 4 aromatic rings. The van der Waals surface area contributed by atoms with Gasteiger partial charge in [-0.2, -0.15) is 0 Å². The summed E-state index contributed by atoms with van der Waals surface area (Å²) in [6, 6.07) is 24.1. The summed E-state index contributed by atoms with van der Waals surface area (Å²) < 4.78 is 29.2. The van der Waals surface area contributed by atoms with E-state index >= 15 is 0 Å². The molecule has 0 amide bonds. The van der Waals surface area contributed by atoms with Gasteiger partial charge in [-0.05, 0) is 61.0 Å². The molecule has 1 unspecified atom stereocenters. The predicted octanol–water partition coefficient (Wildman–Crippen LogP) is 4.84. The van der Waals surface area contributed by atoms with Gasteiger partial charge in [-0.1, -0.05) is 48.5 Å². The van der Waals surface area contributed by atoms with Gasteiger partial charge in [0.1, 0.15) is 59.5 Å². The van der Waals surface area contributed by atoms with Crippen molar-refractivity contribution < 1.29 is 87.0 Å². The number of para-hydroxylation sites is 3. The van der Waals surface area contributed by atoms with Crippen LogP contribution in [-0.2, 0) is 45.0 Å². The third-order valence-electron chi connectivity index (χ3n) is 6.55. The van der Waals surface area contributed by atoms with E-state index in [9.17, 15) is 59.1 Å². The first-order chi connectivity index (χ1) is 29.4. The summed E-state index contributed by atoms with van der Waals surface area (Å²) >= 11 is 0. The molecule has 0 fully saturated rings. The number of rotatable bonds is 17. The minimum atomic E-state index is -1.37. The van der Waals surface area contributed by atoms with Crippen LogP contribution in [-0.4, -0.2) is 70.6 Å². The Bertz CT molecular complexity index is 2250. The van der Waals surface area contributed by atoms with Crippen LogP contribution >= 0.6 is 0 Å². The Morgan fingerprint density at radius 3 is 1.44 bits per heavy atom. The van der Waals surface area contributed by atoms with Gasteiger partial charge in [-0.25, -0.2) is 14.4 Å². The fraction of sp³-hybridized carbons (Fsp3) is 0.211. The third kappa shape index (κ3) is 19.2. The number of carbonyl (C=O) groups is 6. The van der Waals surface area contributed by atoms with Gasteiger partial charge in [0.25, 0.3) is 15.3 Å². The lowest BCUT2D eigenvalue weighted by atomic mass is 10.2. The molecular formula is C38H35N3O21. The first-order valence-electron chi connectivity index (χ1n) is 17.2. The molecule has 62 heavy (non-hydrogen) atoms. The highest BCUT2D eigenvalue weighted by Gasteiger charge is 2.20. The maximum Gasteiger partial charge on any atom is 0.347 e. The molecule has 0 saturated carbocycles. The molecule has 4 rings (SSSR count). The highest BCUT2D eigenvalue weighted by molar-refractivity contribution is 5.95. The van der Waals surface area contributed by atoms with Crippen molar-refractivity contribution in [1.29, 1.82) is 0 Å². The van der Waals surface area contributed by atoms with Gasteiger partial charge in [0.05, 0.1) is 0 Å². The SMILES string of the molecule is CC(=O)Oc1ccccc1C(=O)OC(C)O[N+](=O)[O-].CC(=O)Oc1ccccc1C(=O)OCCO[N+](=O)[O-].CC(=O)Oc1ccccc1C(=O)Oc1cccc(CO[N+](=O)[O-])c1. The van der Waals surface area contributed by atoms with Crippen LogP contribution < -0.4 is 18.9 Å². The number of hydrogen-bond acceptors (Lipinski definition) is 21. The second-order valence-electron chi connectivity index (χ2n) is 11.3. The first-order valence-corrected chi connectivity index (χ1v) is 17.2. The van der Waals surface area contributed by atoms with Crippen LogP contribution in [0.4, 0.5) is 0 Å². The zero-order valence-electron chi connectivity index (χ0n) is 32.9. The molecule has 0 bridgehead atoms. The second-order valence-corrected chi connectivity index (χ2v) is 11.3. The van der Waals surface area contributed by atoms with Gasteiger partial charge in [0, 0.05) is 20.8 Å². The summed E-state index contributed by atoms with van der Waals surface area (Å²) in [5.41, 5.74) is 0.570. The van der Waals surface area contributed by atoms with Crippen molar-refractivity contribution in [3.05, 3.63) is 150 Å². The zero-order chi connectivity index (χ0) is 46.2. The largest absolute Gasteiger partial charge is 0.460 e. The van der Waals surface area contributed by atoms with Crippen LogP contribution in [0.1, 0.15) is 64.3 Å². The van der Waals surface area contributed by atoms with Crippen molar-refractivity contribution in [3.8, 4) is 23.0 Å². The minimum Gasteiger partial charge on any atom is -0.460 e. The first kappa shape index (κ1) is 49.4. The summed E-state index contributed by atoms with van der Waals surface area (Å²) in [7, 11) is 0. The molecule has 328 valence electrons. The molecule has 4 aromatic carbocycles. The van der Waals surface area contributed by atoms with Crippen LogP contribution in [0, 0.1) is 30.3 Å². The highest BCUT2D eigenvalue weighted by atomic mass is 17.0. The summed E-state index contributed by atoms with van der Waals surface area (Å²) in [4.78, 5) is 111. The average Bonchev–Trinajstić information content (AvgIpc) is 3.19. The fourth-order valence-electron chi connectivity index (χ4n) is 4.31. The Morgan fingerprint density at radius 2 is 0.984 bits per heavy atom. The number of ether oxygens (including phenoxy) is 6. The monoisotopic (exact) mass is 869 g/mol. The van der Waals surface area contributed by atoms with E-state index in [0.717, 1.165) is 0 Å². The lowest BCUT2D eigenvalue weighted by molar-refractivity contribution is -0.777. The van der Waals surface area contributed by atoms with Crippen molar-refractivity contribution >= 4 is 35.8 Å². The van der Waals surface area contributed by atoms with Crippen molar-refractivity contribution in [3.63, 3.8) is 0 Å². The van der Waals surface area contributed by atoms with Gasteiger partial charge >= 0.3 is 35.8 Å². The topological polar surface area (TPSA) is 315 Å². The van der Waals surface area contributed by atoms with Gasteiger partial charge < -0.3 is 38.1 Å². The standard InChI is InChI=1S/C16H13NO7.2C11H11NO7/c1-11(18)23-15-8-3-2-7-14(15)16(19)24-13-6-4-5-12(9-13)10-22-17(20)21;1-7(13)17-10-6-4-3-5-9(10)11(14)18-8(2)19-12(15)16;1-8(13)19-10-5-3-2-4-9(10)11(14)17-6-7-18-12(15)16/h2-9H,10H2,1H3;3-6,8H,1-2H3;2-5H,6-7H2,1H3. The number of nitrogens with zero attached hydrogens (tertiary/aromatic N) is 3. The summed E-state index contributed by atoms with van der Waals surface area (Å²) in [5, 5.41) is 27.2. The normalized spacial score (nSPS) is 10.2. The van der Waals surface area contributed by atoms with Crippen LogP contribution in [0.5, 0.6) is 23.0 Å². The Balaban J connectivity index is 0.000000324. The molecule has 0 heterocycles. The van der Waals surface area contributed by atoms with Crippen molar-refractivity contribution in [2.24, 2.45) is 0 Å². The van der Waals surface area contributed by atoms with Crippen LogP contribution in [0.15, 0.2) is 97.1 Å². The molecular weight excluding hydrogens is 834 g/mol. The zero-order valence-corrected chi connectivity index (χ0v) is 32.9. The minimum absolute atomic E-state index is 0.00769. The molecule has 0 aliphatic carbocycles. The summed E-state index contributed by atoms with van der Waals surface area (Å²) in [6.45, 7) is 3.88. The van der Waals surface area contributed by atoms with Crippen LogP contribution in [0.3, 0.4) is 0 Å². The molecule has 0 N–H and O–H groups in total. The Hall–Kier alpha value is -8.70. The van der Waals surface area contributed by atoms with E-state index in [2.05, 4.69) is 19.2 Å². The smallest absolute Gasteiger partial charge is 0.347 e. The van der Waals surface area contributed by atoms with Gasteiger partial charge in [-0.3, -0.25) is 19.2 Å². The van der Waals surface area contributed by atoms with Crippen molar-refractivity contribution in [1.82, 2.24) is 0 Å². The van der Waals surface area contributed by atoms with Gasteiger partial charge in [0.15, 0.2) is 0 Å². The number of esters is 6. The predicted molar refractivity (Wildman–Crippen MR) is 203 cm³/mol. The number of hydrogen-bond donors (Lipinski definition) is 0. The molecule has 0 aliphatic rings. The van der Waals surface area contributed by atoms with E-state index in [4.69, 9.17) is 23.7 Å². The summed E-state index contributed by atoms with van der Waals surface area (Å²) in [6.07, 6.45) is -1.37. The van der Waals surface area contributed by atoms with Crippen molar-refractivity contribution in [2.75, 3.05) is 13.2 Å². The summed E-state index contributed by atoms with van der Waals surface area (Å²) in [5.74, 6) is -3.77. The highest BCUT2D eigenvalue weighted by Crippen LogP contribution is 2.23. The van der Waals surface area contributed by atoms with E-state index in [1.165, 1.54) is 82.3 Å². The average molecular weight is 870 g/mol. The van der Waals surface area contributed by atoms with E-state index in [0.29, 0.717) is 5.56 Å². The molecule has 0 aliphatic heterocycles. The lowest BCUT2D eigenvalue weighted by Crippen LogP contribution is -2.21. The van der Waals surface area contributed by atoms with E-state index < -0.39 is 57.4 Å². The second kappa shape index (κ2) is 25.6. The van der Waals surface area contributed by atoms with Gasteiger partial charge in [-0.15, -0.1) is 30.3 Å². The van der Waals surface area contributed by atoms with Crippen LogP contribution in [0.2, 0.25) is 0 Å². The third-order valence-corrected chi connectivity index (χ3v) is 6.55.